The predicted octanol–water partition coefficient (Wildman–Crippen LogP) is 1.87. The van der Waals surface area contributed by atoms with E-state index in [-0.39, 0.29) is 0 Å². The Kier molecular flexibility index (Phi) is 5.44. The van der Waals surface area contributed by atoms with Gasteiger partial charge < -0.3 is 15.0 Å². The highest BCUT2D eigenvalue weighted by atomic mass is 31.0. The van der Waals surface area contributed by atoms with Crippen molar-refractivity contribution in [2.24, 2.45) is 0 Å². The van der Waals surface area contributed by atoms with Crippen LogP contribution in [0.2, 0.25) is 0 Å². The second-order valence-electron chi connectivity index (χ2n) is 6.62. The third kappa shape index (κ3) is 5.13. The first kappa shape index (κ1) is 14.7. The fraction of sp³-hybridized carbons (Fsp3) is 1.00. The molecule has 0 radical (unpaired) electrons. The van der Waals surface area contributed by atoms with Crippen molar-refractivity contribution in [3.8, 4) is 0 Å². The van der Waals surface area contributed by atoms with E-state index in [9.17, 15) is 0 Å². The minimum Gasteiger partial charge on any atom is -0.380 e. The summed E-state index contributed by atoms with van der Waals surface area (Å²) in [6.07, 6.45) is 5.09. The molecule has 2 rings (SSSR count). The number of ether oxygens (including phenoxy) is 1. The molecule has 0 aromatic carbocycles. The Morgan fingerprint density at radius 2 is 1.94 bits per heavy atom. The number of nitrogens with zero attached hydrogens (tertiary/aromatic N) is 1. The Morgan fingerprint density at radius 3 is 2.50 bits per heavy atom. The summed E-state index contributed by atoms with van der Waals surface area (Å²) in [5.41, 5.74) is 0. The molecule has 2 atom stereocenters. The largest absolute Gasteiger partial charge is 0.380 e. The Morgan fingerprint density at radius 1 is 1.22 bits per heavy atom. The minimum atomic E-state index is 0.345. The van der Waals surface area contributed by atoms with Crippen LogP contribution < -0.4 is 5.32 Å². The molecular formula is C14H29N2OP. The van der Waals surface area contributed by atoms with E-state index in [1.54, 1.807) is 0 Å². The number of hydrogen-bond acceptors (Lipinski definition) is 3. The topological polar surface area (TPSA) is 24.5 Å². The molecule has 2 fully saturated rings. The molecule has 0 bridgehead atoms. The maximum Gasteiger partial charge on any atom is 0.0619 e. The van der Waals surface area contributed by atoms with Crippen molar-refractivity contribution in [2.75, 3.05) is 32.8 Å². The second-order valence-corrected chi connectivity index (χ2v) is 8.18. The van der Waals surface area contributed by atoms with Crippen LogP contribution in [-0.4, -0.2) is 55.0 Å². The van der Waals surface area contributed by atoms with Crippen LogP contribution in [0.4, 0.5) is 0 Å². The first-order valence-corrected chi connectivity index (χ1v) is 7.96. The Labute approximate surface area is 114 Å². The van der Waals surface area contributed by atoms with E-state index in [0.717, 1.165) is 13.2 Å². The standard InChI is InChI=1S/C14H29N2OP/c1-14(2,18)11-16-7-5-12(6-8-16)15-13-4-3-9-17-10-13/h12-13,15H,3-11,18H2,1-2H3. The third-order valence-corrected chi connectivity index (χ3v) is 4.03. The van der Waals surface area contributed by atoms with Gasteiger partial charge in [-0.15, -0.1) is 9.24 Å². The van der Waals surface area contributed by atoms with E-state index in [0.29, 0.717) is 17.2 Å². The van der Waals surface area contributed by atoms with Gasteiger partial charge in [-0.3, -0.25) is 0 Å². The lowest BCUT2D eigenvalue weighted by Gasteiger charge is -2.38. The molecule has 0 aromatic heterocycles. The summed E-state index contributed by atoms with van der Waals surface area (Å²) in [5, 5.41) is 4.13. The zero-order valence-electron chi connectivity index (χ0n) is 12.0. The number of rotatable bonds is 4. The van der Waals surface area contributed by atoms with Crippen molar-refractivity contribution < 1.29 is 4.74 Å². The molecule has 2 aliphatic rings. The molecule has 2 unspecified atom stereocenters. The van der Waals surface area contributed by atoms with Crippen molar-refractivity contribution in [2.45, 2.75) is 56.8 Å². The highest BCUT2D eigenvalue weighted by Crippen LogP contribution is 2.21. The van der Waals surface area contributed by atoms with Gasteiger partial charge in [0, 0.05) is 25.2 Å². The molecular weight excluding hydrogens is 243 g/mol. The zero-order valence-corrected chi connectivity index (χ0v) is 13.1. The smallest absolute Gasteiger partial charge is 0.0619 e. The maximum absolute atomic E-state index is 5.53. The van der Waals surface area contributed by atoms with Crippen molar-refractivity contribution in [1.82, 2.24) is 10.2 Å². The number of piperidine rings is 1. The molecule has 4 heteroatoms. The van der Waals surface area contributed by atoms with Crippen LogP contribution in [0.25, 0.3) is 0 Å². The van der Waals surface area contributed by atoms with Crippen LogP contribution in [0.5, 0.6) is 0 Å². The van der Waals surface area contributed by atoms with Gasteiger partial charge >= 0.3 is 0 Å². The van der Waals surface area contributed by atoms with Crippen LogP contribution in [-0.2, 0) is 4.74 Å². The highest BCUT2D eigenvalue weighted by Gasteiger charge is 2.25. The van der Waals surface area contributed by atoms with Gasteiger partial charge in [0.15, 0.2) is 0 Å². The molecule has 2 saturated heterocycles. The number of likely N-dealkylation sites (tertiary alicyclic amines) is 1. The fourth-order valence-corrected chi connectivity index (χ4v) is 3.30. The summed E-state index contributed by atoms with van der Waals surface area (Å²) >= 11 is 0. The normalized spacial score (nSPS) is 28.5. The van der Waals surface area contributed by atoms with E-state index >= 15 is 0 Å². The monoisotopic (exact) mass is 272 g/mol. The first-order valence-electron chi connectivity index (χ1n) is 7.38. The molecule has 106 valence electrons. The van der Waals surface area contributed by atoms with Gasteiger partial charge in [-0.25, -0.2) is 0 Å². The molecule has 0 aliphatic carbocycles. The molecule has 2 aliphatic heterocycles. The van der Waals surface area contributed by atoms with Gasteiger partial charge in [-0.05, 0) is 43.9 Å². The van der Waals surface area contributed by atoms with E-state index in [1.807, 2.05) is 0 Å². The highest BCUT2D eigenvalue weighted by molar-refractivity contribution is 7.18. The summed E-state index contributed by atoms with van der Waals surface area (Å²) in [5.74, 6) is 0. The summed E-state index contributed by atoms with van der Waals surface area (Å²) in [6, 6.07) is 1.31. The van der Waals surface area contributed by atoms with Crippen molar-refractivity contribution in [3.05, 3.63) is 0 Å². The van der Waals surface area contributed by atoms with E-state index in [1.165, 1.54) is 45.3 Å². The lowest BCUT2D eigenvalue weighted by molar-refractivity contribution is 0.0610. The van der Waals surface area contributed by atoms with Crippen LogP contribution >= 0.6 is 9.24 Å². The number of hydrogen-bond donors (Lipinski definition) is 1. The summed E-state index contributed by atoms with van der Waals surface area (Å²) < 4.78 is 5.53. The summed E-state index contributed by atoms with van der Waals surface area (Å²) in [6.45, 7) is 10.1. The van der Waals surface area contributed by atoms with Crippen molar-refractivity contribution in [3.63, 3.8) is 0 Å². The van der Waals surface area contributed by atoms with E-state index < -0.39 is 0 Å². The summed E-state index contributed by atoms with van der Waals surface area (Å²) in [4.78, 5) is 2.60. The molecule has 0 amide bonds. The summed E-state index contributed by atoms with van der Waals surface area (Å²) in [7, 11) is 2.95. The SMILES string of the molecule is CC(C)(P)CN1CCC(NC2CCCOC2)CC1. The molecule has 2 heterocycles. The average Bonchev–Trinajstić information content (AvgIpc) is 2.31. The van der Waals surface area contributed by atoms with Crippen molar-refractivity contribution in [1.29, 1.82) is 0 Å². The quantitative estimate of drug-likeness (QED) is 0.791. The second kappa shape index (κ2) is 6.65. The van der Waals surface area contributed by atoms with Gasteiger partial charge in [-0.2, -0.15) is 0 Å². The minimum absolute atomic E-state index is 0.345. The van der Waals surface area contributed by atoms with Crippen LogP contribution in [0.1, 0.15) is 39.5 Å². The fourth-order valence-electron chi connectivity index (χ4n) is 3.04. The lowest BCUT2D eigenvalue weighted by Crippen LogP contribution is -2.50. The predicted molar refractivity (Wildman–Crippen MR) is 80.2 cm³/mol. The first-order chi connectivity index (χ1) is 8.53. The lowest BCUT2D eigenvalue weighted by atomic mass is 10.0. The van der Waals surface area contributed by atoms with Crippen LogP contribution in [0.3, 0.4) is 0 Å². The van der Waals surface area contributed by atoms with Gasteiger partial charge in [0.1, 0.15) is 0 Å². The van der Waals surface area contributed by atoms with Crippen molar-refractivity contribution >= 4 is 9.24 Å². The Hall–Kier alpha value is 0.310. The van der Waals surface area contributed by atoms with Gasteiger partial charge in [0.2, 0.25) is 0 Å². The Balaban J connectivity index is 1.66. The Bertz CT molecular complexity index is 241. The number of nitrogens with one attached hydrogen (secondary N) is 1. The van der Waals surface area contributed by atoms with Crippen LogP contribution in [0.15, 0.2) is 0 Å². The van der Waals surface area contributed by atoms with E-state index in [2.05, 4.69) is 33.3 Å². The maximum atomic E-state index is 5.53. The third-order valence-electron chi connectivity index (χ3n) is 3.85. The molecule has 0 saturated carbocycles. The molecule has 0 aromatic rings. The average molecular weight is 272 g/mol. The van der Waals surface area contributed by atoms with Crippen LogP contribution in [0, 0.1) is 0 Å². The molecule has 0 spiro atoms. The molecule has 18 heavy (non-hydrogen) atoms. The molecule has 3 nitrogen and oxygen atoms in total. The van der Waals surface area contributed by atoms with Gasteiger partial charge in [0.05, 0.1) is 6.61 Å². The van der Waals surface area contributed by atoms with Gasteiger partial charge in [0.25, 0.3) is 0 Å². The van der Waals surface area contributed by atoms with E-state index in [4.69, 9.17) is 4.74 Å². The zero-order chi connectivity index (χ0) is 13.0. The van der Waals surface area contributed by atoms with Gasteiger partial charge in [-0.1, -0.05) is 13.8 Å². The molecule has 1 N–H and O–H groups in total.